The summed E-state index contributed by atoms with van der Waals surface area (Å²) in [6.45, 7) is 6.60. The lowest BCUT2D eigenvalue weighted by atomic mass is 10.1. The van der Waals surface area contributed by atoms with Gasteiger partial charge in [0.25, 0.3) is 0 Å². The van der Waals surface area contributed by atoms with Gasteiger partial charge in [-0.3, -0.25) is 4.79 Å². The normalized spacial score (nSPS) is 27.1. The summed E-state index contributed by atoms with van der Waals surface area (Å²) in [6.07, 6.45) is 4.35. The predicted molar refractivity (Wildman–Crippen MR) is 94.8 cm³/mol. The molecule has 0 radical (unpaired) electrons. The molecule has 2 aromatic rings. The fourth-order valence-corrected chi connectivity index (χ4v) is 3.94. The van der Waals surface area contributed by atoms with Crippen LogP contribution in [0.3, 0.4) is 0 Å². The molecule has 1 amide bonds. The van der Waals surface area contributed by atoms with Gasteiger partial charge >= 0.3 is 0 Å². The maximum absolute atomic E-state index is 12.5. The first-order valence-electron chi connectivity index (χ1n) is 9.65. The third-order valence-electron chi connectivity index (χ3n) is 6.08. The number of hydrogen-bond acceptors (Lipinski definition) is 5. The van der Waals surface area contributed by atoms with E-state index in [0.717, 1.165) is 50.2 Å². The molecule has 3 fully saturated rings. The molecule has 138 valence electrons. The standard InChI is InChI=1S/C19H25N5O2/c1-19(2)9-14(19)18(25)23-8-7-12(10-23)11-26-16-6-5-15-20-21-17(13-3-4-13)24(15)22-16/h5-6,12-14H,3-4,7-11H2,1-2H3. The highest BCUT2D eigenvalue weighted by atomic mass is 16.5. The molecule has 7 nitrogen and oxygen atoms in total. The molecule has 2 aromatic heterocycles. The van der Waals surface area contributed by atoms with E-state index in [1.807, 2.05) is 21.5 Å². The van der Waals surface area contributed by atoms with Crippen LogP contribution in [0.5, 0.6) is 5.88 Å². The highest BCUT2D eigenvalue weighted by Crippen LogP contribution is 2.52. The summed E-state index contributed by atoms with van der Waals surface area (Å²) in [5.41, 5.74) is 0.965. The molecule has 2 aliphatic carbocycles. The van der Waals surface area contributed by atoms with E-state index in [4.69, 9.17) is 4.74 Å². The zero-order valence-corrected chi connectivity index (χ0v) is 15.4. The number of ether oxygens (including phenoxy) is 1. The van der Waals surface area contributed by atoms with Gasteiger partial charge in [-0.15, -0.1) is 15.3 Å². The Morgan fingerprint density at radius 2 is 2.08 bits per heavy atom. The van der Waals surface area contributed by atoms with Crippen molar-refractivity contribution in [3.63, 3.8) is 0 Å². The van der Waals surface area contributed by atoms with Gasteiger partial charge in [0.15, 0.2) is 11.5 Å². The van der Waals surface area contributed by atoms with Crippen LogP contribution in [0.1, 0.15) is 51.3 Å². The number of rotatable bonds is 5. The van der Waals surface area contributed by atoms with E-state index in [1.165, 1.54) is 0 Å². The zero-order chi connectivity index (χ0) is 17.9. The van der Waals surface area contributed by atoms with Crippen LogP contribution in [0.25, 0.3) is 5.65 Å². The molecule has 26 heavy (non-hydrogen) atoms. The minimum Gasteiger partial charge on any atom is -0.476 e. The quantitative estimate of drug-likeness (QED) is 0.823. The summed E-state index contributed by atoms with van der Waals surface area (Å²) in [5.74, 6) is 2.97. The van der Waals surface area contributed by atoms with Crippen LogP contribution in [0.15, 0.2) is 12.1 Å². The SMILES string of the molecule is CC1(C)CC1C(=O)N1CCC(COc2ccc3nnc(C4CC4)n3n2)C1. The number of likely N-dealkylation sites (tertiary alicyclic amines) is 1. The summed E-state index contributed by atoms with van der Waals surface area (Å²) in [7, 11) is 0. The summed E-state index contributed by atoms with van der Waals surface area (Å²) in [6, 6.07) is 3.76. The van der Waals surface area contributed by atoms with E-state index in [0.29, 0.717) is 30.2 Å². The number of nitrogens with zero attached hydrogens (tertiary/aromatic N) is 5. The molecule has 1 saturated heterocycles. The van der Waals surface area contributed by atoms with Gasteiger partial charge in [0.2, 0.25) is 11.8 Å². The van der Waals surface area contributed by atoms with Crippen molar-refractivity contribution in [1.29, 1.82) is 0 Å². The van der Waals surface area contributed by atoms with Gasteiger partial charge in [0, 0.05) is 36.9 Å². The minimum atomic E-state index is 0.198. The van der Waals surface area contributed by atoms with Crippen LogP contribution in [0, 0.1) is 17.3 Å². The van der Waals surface area contributed by atoms with E-state index in [1.54, 1.807) is 0 Å². The third-order valence-corrected chi connectivity index (χ3v) is 6.08. The van der Waals surface area contributed by atoms with E-state index in [2.05, 4.69) is 29.1 Å². The van der Waals surface area contributed by atoms with Crippen molar-refractivity contribution in [2.24, 2.45) is 17.3 Å². The van der Waals surface area contributed by atoms with Gasteiger partial charge in [0.1, 0.15) is 0 Å². The number of carbonyl (C=O) groups excluding carboxylic acids is 1. The Labute approximate surface area is 152 Å². The molecule has 0 spiro atoms. The predicted octanol–water partition coefficient (Wildman–Crippen LogP) is 2.28. The van der Waals surface area contributed by atoms with E-state index in [-0.39, 0.29) is 11.3 Å². The fraction of sp³-hybridized carbons (Fsp3) is 0.684. The first-order chi connectivity index (χ1) is 12.5. The average Bonchev–Trinajstić information content (AvgIpc) is 3.45. The monoisotopic (exact) mass is 355 g/mol. The molecule has 1 aliphatic heterocycles. The number of fused-ring (bicyclic) bond motifs is 1. The highest BCUT2D eigenvalue weighted by Gasteiger charge is 2.52. The minimum absolute atomic E-state index is 0.198. The second-order valence-corrected chi connectivity index (χ2v) is 8.77. The first kappa shape index (κ1) is 16.0. The Kier molecular flexibility index (Phi) is 3.49. The summed E-state index contributed by atoms with van der Waals surface area (Å²) >= 11 is 0. The van der Waals surface area contributed by atoms with Crippen LogP contribution >= 0.6 is 0 Å². The number of carbonyl (C=O) groups is 1. The molecule has 5 rings (SSSR count). The lowest BCUT2D eigenvalue weighted by molar-refractivity contribution is -0.132. The average molecular weight is 355 g/mol. The molecule has 3 aliphatic rings. The van der Waals surface area contributed by atoms with Gasteiger partial charge in [-0.1, -0.05) is 13.8 Å². The summed E-state index contributed by atoms with van der Waals surface area (Å²) in [4.78, 5) is 14.5. The molecular formula is C19H25N5O2. The Hall–Kier alpha value is -2.18. The number of hydrogen-bond donors (Lipinski definition) is 0. The Balaban J connectivity index is 1.20. The molecule has 0 bridgehead atoms. The lowest BCUT2D eigenvalue weighted by Crippen LogP contribution is -2.31. The largest absolute Gasteiger partial charge is 0.476 e. The van der Waals surface area contributed by atoms with Crippen molar-refractivity contribution >= 4 is 11.6 Å². The third kappa shape index (κ3) is 2.83. The first-order valence-corrected chi connectivity index (χ1v) is 9.65. The Morgan fingerprint density at radius 1 is 1.27 bits per heavy atom. The molecule has 2 saturated carbocycles. The van der Waals surface area contributed by atoms with Gasteiger partial charge in [-0.2, -0.15) is 4.52 Å². The van der Waals surface area contributed by atoms with Crippen LogP contribution in [-0.2, 0) is 4.79 Å². The Bertz CT molecular complexity index is 857. The van der Waals surface area contributed by atoms with Gasteiger partial charge in [-0.05, 0) is 37.2 Å². The van der Waals surface area contributed by atoms with Crippen molar-refractivity contribution in [1.82, 2.24) is 24.7 Å². The molecule has 3 heterocycles. The molecule has 7 heteroatoms. The van der Waals surface area contributed by atoms with Crippen molar-refractivity contribution in [2.75, 3.05) is 19.7 Å². The van der Waals surface area contributed by atoms with Crippen LogP contribution in [-0.4, -0.2) is 50.3 Å². The van der Waals surface area contributed by atoms with Crippen LogP contribution in [0.4, 0.5) is 0 Å². The van der Waals surface area contributed by atoms with Crippen LogP contribution < -0.4 is 4.74 Å². The van der Waals surface area contributed by atoms with Crippen LogP contribution in [0.2, 0.25) is 0 Å². The van der Waals surface area contributed by atoms with Crippen molar-refractivity contribution < 1.29 is 9.53 Å². The maximum Gasteiger partial charge on any atom is 0.231 e. The lowest BCUT2D eigenvalue weighted by Gasteiger charge is -2.17. The van der Waals surface area contributed by atoms with Gasteiger partial charge < -0.3 is 9.64 Å². The van der Waals surface area contributed by atoms with Crippen molar-refractivity contribution in [2.45, 2.75) is 45.4 Å². The van der Waals surface area contributed by atoms with E-state index < -0.39 is 0 Å². The van der Waals surface area contributed by atoms with Gasteiger partial charge in [-0.25, -0.2) is 0 Å². The smallest absolute Gasteiger partial charge is 0.231 e. The number of amides is 1. The Morgan fingerprint density at radius 3 is 2.81 bits per heavy atom. The van der Waals surface area contributed by atoms with Crippen molar-refractivity contribution in [3.05, 3.63) is 18.0 Å². The fourth-order valence-electron chi connectivity index (χ4n) is 3.94. The molecule has 2 atom stereocenters. The maximum atomic E-state index is 12.5. The second kappa shape index (κ2) is 5.66. The molecule has 0 aromatic carbocycles. The van der Waals surface area contributed by atoms with Gasteiger partial charge in [0.05, 0.1) is 6.61 Å². The topological polar surface area (TPSA) is 72.6 Å². The van der Waals surface area contributed by atoms with E-state index >= 15 is 0 Å². The molecular weight excluding hydrogens is 330 g/mol. The molecule has 0 N–H and O–H groups in total. The highest BCUT2D eigenvalue weighted by molar-refractivity contribution is 5.82. The second-order valence-electron chi connectivity index (χ2n) is 8.77. The summed E-state index contributed by atoms with van der Waals surface area (Å²) in [5, 5.41) is 13.0. The number of aromatic nitrogens is 4. The summed E-state index contributed by atoms with van der Waals surface area (Å²) < 4.78 is 7.75. The van der Waals surface area contributed by atoms with E-state index in [9.17, 15) is 4.79 Å². The zero-order valence-electron chi connectivity index (χ0n) is 15.4. The molecule has 2 unspecified atom stereocenters. The van der Waals surface area contributed by atoms with Crippen molar-refractivity contribution in [3.8, 4) is 5.88 Å².